The first-order valence-electron chi connectivity index (χ1n) is 9.22. The highest BCUT2D eigenvalue weighted by Gasteiger charge is 2.24. The molecule has 142 valence electrons. The van der Waals surface area contributed by atoms with E-state index in [1.165, 1.54) is 0 Å². The maximum atomic E-state index is 12.7. The zero-order chi connectivity index (χ0) is 19.2. The quantitative estimate of drug-likeness (QED) is 0.728. The number of hydrogen-bond donors (Lipinski definition) is 1. The Kier molecular flexibility index (Phi) is 5.37. The molecule has 1 aliphatic heterocycles. The van der Waals surface area contributed by atoms with E-state index >= 15 is 0 Å². The van der Waals surface area contributed by atoms with Crippen molar-refractivity contribution in [2.24, 2.45) is 0 Å². The number of aromatic nitrogens is 4. The molecular formula is C20H21N7O. The molecule has 0 unspecified atom stereocenters. The van der Waals surface area contributed by atoms with Crippen molar-refractivity contribution < 1.29 is 4.79 Å². The molecule has 28 heavy (non-hydrogen) atoms. The van der Waals surface area contributed by atoms with Gasteiger partial charge in [0.25, 0.3) is 5.91 Å². The topological polar surface area (TPSA) is 87.1 Å². The molecule has 2 aromatic heterocycles. The number of carbonyl (C=O) groups excluding carboxylic acids is 1. The van der Waals surface area contributed by atoms with Crippen molar-refractivity contribution >= 4 is 17.7 Å². The fraction of sp³-hybridized carbons (Fsp3) is 0.250. The maximum absolute atomic E-state index is 12.7. The van der Waals surface area contributed by atoms with Gasteiger partial charge in [0.2, 0.25) is 5.95 Å². The van der Waals surface area contributed by atoms with E-state index in [9.17, 15) is 4.79 Å². The SMILES string of the molecule is O=C(c1ccc(NCc2ccccc2)nn1)N1CCN(c2ncccn2)CC1. The van der Waals surface area contributed by atoms with E-state index in [4.69, 9.17) is 0 Å². The lowest BCUT2D eigenvalue weighted by Crippen LogP contribution is -2.49. The summed E-state index contributed by atoms with van der Waals surface area (Å²) in [6.07, 6.45) is 3.45. The Labute approximate surface area is 163 Å². The Morgan fingerprint density at radius 1 is 0.893 bits per heavy atom. The van der Waals surface area contributed by atoms with Crippen LogP contribution in [-0.2, 0) is 6.54 Å². The second kappa shape index (κ2) is 8.43. The molecule has 1 N–H and O–H groups in total. The molecule has 8 heteroatoms. The van der Waals surface area contributed by atoms with Gasteiger partial charge in [-0.05, 0) is 23.8 Å². The lowest BCUT2D eigenvalue weighted by molar-refractivity contribution is 0.0739. The Morgan fingerprint density at radius 2 is 1.64 bits per heavy atom. The van der Waals surface area contributed by atoms with Crippen LogP contribution < -0.4 is 10.2 Å². The van der Waals surface area contributed by atoms with Gasteiger partial charge in [0.05, 0.1) is 0 Å². The van der Waals surface area contributed by atoms with Crippen LogP contribution in [0.4, 0.5) is 11.8 Å². The largest absolute Gasteiger partial charge is 0.365 e. The van der Waals surface area contributed by atoms with Crippen LogP contribution in [0.15, 0.2) is 60.9 Å². The van der Waals surface area contributed by atoms with Gasteiger partial charge in [0.1, 0.15) is 5.82 Å². The van der Waals surface area contributed by atoms with Crippen molar-refractivity contribution in [2.75, 3.05) is 36.4 Å². The number of amides is 1. The van der Waals surface area contributed by atoms with Gasteiger partial charge in [-0.1, -0.05) is 30.3 Å². The van der Waals surface area contributed by atoms with Gasteiger partial charge >= 0.3 is 0 Å². The monoisotopic (exact) mass is 375 g/mol. The average molecular weight is 375 g/mol. The summed E-state index contributed by atoms with van der Waals surface area (Å²) in [5.74, 6) is 1.24. The minimum atomic E-state index is -0.101. The van der Waals surface area contributed by atoms with Crippen molar-refractivity contribution in [1.29, 1.82) is 0 Å². The van der Waals surface area contributed by atoms with E-state index in [1.54, 1.807) is 35.5 Å². The van der Waals surface area contributed by atoms with E-state index in [-0.39, 0.29) is 5.91 Å². The smallest absolute Gasteiger partial charge is 0.274 e. The summed E-state index contributed by atoms with van der Waals surface area (Å²) < 4.78 is 0. The van der Waals surface area contributed by atoms with Crippen LogP contribution >= 0.6 is 0 Å². The van der Waals surface area contributed by atoms with Crippen LogP contribution in [-0.4, -0.2) is 57.2 Å². The first kappa shape index (κ1) is 17.8. The predicted molar refractivity (Wildman–Crippen MR) is 106 cm³/mol. The fourth-order valence-corrected chi connectivity index (χ4v) is 3.06. The molecule has 4 rings (SSSR count). The molecule has 1 aliphatic rings. The van der Waals surface area contributed by atoms with Gasteiger partial charge in [0, 0.05) is 45.1 Å². The summed E-state index contributed by atoms with van der Waals surface area (Å²) in [4.78, 5) is 25.1. The summed E-state index contributed by atoms with van der Waals surface area (Å²) in [5.41, 5.74) is 1.51. The van der Waals surface area contributed by atoms with Crippen molar-refractivity contribution in [2.45, 2.75) is 6.54 Å². The lowest BCUT2D eigenvalue weighted by Gasteiger charge is -2.34. The highest BCUT2D eigenvalue weighted by atomic mass is 16.2. The normalized spacial score (nSPS) is 14.0. The maximum Gasteiger partial charge on any atom is 0.274 e. The molecule has 0 radical (unpaired) electrons. The van der Waals surface area contributed by atoms with Crippen molar-refractivity contribution in [3.63, 3.8) is 0 Å². The third-order valence-electron chi connectivity index (χ3n) is 4.60. The van der Waals surface area contributed by atoms with E-state index in [1.807, 2.05) is 30.3 Å². The standard InChI is InChI=1S/C20H21N7O/c28-19(26-11-13-27(14-12-26)20-21-9-4-10-22-20)17-7-8-18(25-24-17)23-15-16-5-2-1-3-6-16/h1-10H,11-15H2,(H,23,25). The van der Waals surface area contributed by atoms with Crippen LogP contribution in [0.2, 0.25) is 0 Å². The molecule has 3 aromatic rings. The highest BCUT2D eigenvalue weighted by Crippen LogP contribution is 2.12. The Balaban J connectivity index is 1.31. The molecule has 1 saturated heterocycles. The number of anilines is 2. The molecule has 0 atom stereocenters. The Bertz CT molecular complexity index is 895. The molecule has 1 fully saturated rings. The molecule has 0 bridgehead atoms. The molecule has 3 heterocycles. The van der Waals surface area contributed by atoms with Crippen molar-refractivity contribution in [1.82, 2.24) is 25.1 Å². The number of hydrogen-bond acceptors (Lipinski definition) is 7. The Hall–Kier alpha value is -3.55. The Morgan fingerprint density at radius 3 is 2.32 bits per heavy atom. The zero-order valence-electron chi connectivity index (χ0n) is 15.4. The van der Waals surface area contributed by atoms with Crippen molar-refractivity contribution in [3.05, 3.63) is 72.2 Å². The minimum Gasteiger partial charge on any atom is -0.365 e. The highest BCUT2D eigenvalue weighted by molar-refractivity contribution is 5.92. The van der Waals surface area contributed by atoms with Gasteiger partial charge < -0.3 is 15.1 Å². The molecule has 0 aliphatic carbocycles. The third-order valence-corrected chi connectivity index (χ3v) is 4.60. The summed E-state index contributed by atoms with van der Waals surface area (Å²) in [5, 5.41) is 11.4. The summed E-state index contributed by atoms with van der Waals surface area (Å²) in [6, 6.07) is 15.3. The number of rotatable bonds is 5. The number of carbonyl (C=O) groups is 1. The van der Waals surface area contributed by atoms with E-state index in [0.717, 1.165) is 5.56 Å². The van der Waals surface area contributed by atoms with Crippen LogP contribution in [0, 0.1) is 0 Å². The van der Waals surface area contributed by atoms with Gasteiger partial charge in [-0.2, -0.15) is 0 Å². The van der Waals surface area contributed by atoms with Crippen LogP contribution in [0.1, 0.15) is 16.1 Å². The molecule has 1 aromatic carbocycles. The first-order valence-corrected chi connectivity index (χ1v) is 9.22. The van der Waals surface area contributed by atoms with Gasteiger partial charge in [-0.15, -0.1) is 10.2 Å². The van der Waals surface area contributed by atoms with E-state index in [2.05, 4.69) is 30.4 Å². The molecule has 8 nitrogen and oxygen atoms in total. The number of benzene rings is 1. The number of piperazine rings is 1. The minimum absolute atomic E-state index is 0.101. The van der Waals surface area contributed by atoms with Crippen LogP contribution in [0.3, 0.4) is 0 Å². The first-order chi connectivity index (χ1) is 13.8. The molecule has 1 amide bonds. The van der Waals surface area contributed by atoms with Crippen LogP contribution in [0.5, 0.6) is 0 Å². The lowest BCUT2D eigenvalue weighted by atomic mass is 10.2. The van der Waals surface area contributed by atoms with Gasteiger partial charge in [-0.25, -0.2) is 9.97 Å². The zero-order valence-corrected chi connectivity index (χ0v) is 15.4. The summed E-state index contributed by atoms with van der Waals surface area (Å²) >= 11 is 0. The molecule has 0 spiro atoms. The summed E-state index contributed by atoms with van der Waals surface area (Å²) in [6.45, 7) is 3.26. The number of nitrogens with zero attached hydrogens (tertiary/aromatic N) is 6. The van der Waals surface area contributed by atoms with Crippen LogP contribution in [0.25, 0.3) is 0 Å². The van der Waals surface area contributed by atoms with Gasteiger partial charge in [0.15, 0.2) is 5.69 Å². The fourth-order valence-electron chi connectivity index (χ4n) is 3.06. The van der Waals surface area contributed by atoms with E-state index < -0.39 is 0 Å². The second-order valence-corrected chi connectivity index (χ2v) is 6.47. The number of nitrogens with one attached hydrogen (secondary N) is 1. The predicted octanol–water partition coefficient (Wildman–Crippen LogP) is 1.84. The molecular weight excluding hydrogens is 354 g/mol. The van der Waals surface area contributed by atoms with E-state index in [0.29, 0.717) is 50.2 Å². The van der Waals surface area contributed by atoms with Crippen molar-refractivity contribution in [3.8, 4) is 0 Å². The molecule has 0 saturated carbocycles. The average Bonchev–Trinajstić information content (AvgIpc) is 2.79. The van der Waals surface area contributed by atoms with Gasteiger partial charge in [-0.3, -0.25) is 4.79 Å². The summed E-state index contributed by atoms with van der Waals surface area (Å²) in [7, 11) is 0. The second-order valence-electron chi connectivity index (χ2n) is 6.47. The third kappa shape index (κ3) is 4.22.